The molecule has 122 valence electrons. The van der Waals surface area contributed by atoms with Crippen LogP contribution in [0.1, 0.15) is 46.5 Å². The summed E-state index contributed by atoms with van der Waals surface area (Å²) in [5, 5.41) is 2.98. The molecule has 1 saturated carbocycles. The average molecular weight is 316 g/mol. The summed E-state index contributed by atoms with van der Waals surface area (Å²) >= 11 is 0. The molecule has 2 fully saturated rings. The molecular weight excluding hydrogens is 288 g/mol. The first-order valence-electron chi connectivity index (χ1n) is 7.90. The minimum absolute atomic E-state index is 0.000787. The molecule has 2 aliphatic rings. The van der Waals surface area contributed by atoms with Crippen LogP contribution in [-0.4, -0.2) is 37.9 Å². The highest BCUT2D eigenvalue weighted by molar-refractivity contribution is 7.91. The van der Waals surface area contributed by atoms with Crippen LogP contribution in [0.2, 0.25) is 0 Å². The molecule has 1 saturated heterocycles. The lowest BCUT2D eigenvalue weighted by molar-refractivity contribution is -0.133. The second-order valence-electron chi connectivity index (χ2n) is 7.37. The van der Waals surface area contributed by atoms with Crippen LogP contribution in [-0.2, 0) is 14.6 Å². The first-order chi connectivity index (χ1) is 9.63. The molecule has 4 atom stereocenters. The lowest BCUT2D eigenvalue weighted by Gasteiger charge is -2.46. The molecule has 1 aliphatic carbocycles. The normalized spacial score (nSPS) is 38.7. The number of carbonyl (C=O) groups excluding carboxylic acids is 1. The van der Waals surface area contributed by atoms with Gasteiger partial charge in [-0.2, -0.15) is 0 Å². The molecule has 3 N–H and O–H groups in total. The Morgan fingerprint density at radius 2 is 1.90 bits per heavy atom. The summed E-state index contributed by atoms with van der Waals surface area (Å²) in [5.74, 6) is 0.524. The second-order valence-corrected chi connectivity index (χ2v) is 9.59. The van der Waals surface area contributed by atoms with Crippen molar-refractivity contribution < 1.29 is 13.2 Å². The average Bonchev–Trinajstić information content (AvgIpc) is 2.34. The lowest BCUT2D eigenvalue weighted by Crippen LogP contribution is -2.54. The van der Waals surface area contributed by atoms with E-state index in [1.54, 1.807) is 0 Å². The third kappa shape index (κ3) is 3.59. The fourth-order valence-corrected chi connectivity index (χ4v) is 5.39. The van der Waals surface area contributed by atoms with Crippen LogP contribution in [0.3, 0.4) is 0 Å². The van der Waals surface area contributed by atoms with Gasteiger partial charge in [-0.1, -0.05) is 20.8 Å². The van der Waals surface area contributed by atoms with Gasteiger partial charge in [0.2, 0.25) is 5.91 Å². The van der Waals surface area contributed by atoms with E-state index in [1.807, 2.05) is 0 Å². The van der Waals surface area contributed by atoms with Crippen molar-refractivity contribution in [2.24, 2.45) is 23.0 Å². The number of rotatable bonds is 2. The van der Waals surface area contributed by atoms with Crippen LogP contribution in [0.5, 0.6) is 0 Å². The third-order valence-corrected chi connectivity index (χ3v) is 7.45. The van der Waals surface area contributed by atoms with Gasteiger partial charge in [-0.15, -0.1) is 0 Å². The molecule has 0 radical (unpaired) electrons. The molecule has 4 unspecified atom stereocenters. The monoisotopic (exact) mass is 316 g/mol. The van der Waals surface area contributed by atoms with Gasteiger partial charge in [-0.25, -0.2) is 8.42 Å². The standard InChI is InChI=1S/C15H28N2O3S/c1-10-13(16)7-6-12(15(10,2)3)14(18)17-11-5-4-8-21(19,20)9-11/h10-13H,4-9,16H2,1-3H3,(H,17,18). The number of sulfone groups is 1. The Labute approximate surface area is 128 Å². The van der Waals surface area contributed by atoms with Gasteiger partial charge in [0, 0.05) is 18.0 Å². The summed E-state index contributed by atoms with van der Waals surface area (Å²) < 4.78 is 23.3. The van der Waals surface area contributed by atoms with Crippen molar-refractivity contribution in [1.29, 1.82) is 0 Å². The minimum Gasteiger partial charge on any atom is -0.352 e. The van der Waals surface area contributed by atoms with Crippen molar-refractivity contribution in [3.8, 4) is 0 Å². The zero-order chi connectivity index (χ0) is 15.8. The number of nitrogens with two attached hydrogens (primary N) is 1. The molecule has 0 aromatic heterocycles. The number of hydrogen-bond acceptors (Lipinski definition) is 4. The highest BCUT2D eigenvalue weighted by Crippen LogP contribution is 2.44. The molecule has 0 aromatic rings. The van der Waals surface area contributed by atoms with E-state index in [1.165, 1.54) is 0 Å². The lowest BCUT2D eigenvalue weighted by atomic mass is 9.61. The van der Waals surface area contributed by atoms with Crippen LogP contribution in [0.4, 0.5) is 0 Å². The zero-order valence-corrected chi connectivity index (χ0v) is 14.1. The van der Waals surface area contributed by atoms with E-state index in [0.29, 0.717) is 6.42 Å². The molecule has 5 nitrogen and oxygen atoms in total. The molecular formula is C15H28N2O3S. The van der Waals surface area contributed by atoms with Crippen LogP contribution in [0.25, 0.3) is 0 Å². The molecule has 2 rings (SSSR count). The Morgan fingerprint density at radius 3 is 2.52 bits per heavy atom. The summed E-state index contributed by atoms with van der Waals surface area (Å²) in [6, 6.07) is -0.0861. The van der Waals surface area contributed by atoms with E-state index in [4.69, 9.17) is 5.73 Å². The first-order valence-corrected chi connectivity index (χ1v) is 9.72. The number of hydrogen-bond donors (Lipinski definition) is 2. The topological polar surface area (TPSA) is 89.3 Å². The Hall–Kier alpha value is -0.620. The van der Waals surface area contributed by atoms with Crippen molar-refractivity contribution >= 4 is 15.7 Å². The molecule has 1 heterocycles. The predicted octanol–water partition coefficient (Wildman–Crippen LogP) is 1.08. The summed E-state index contributed by atoms with van der Waals surface area (Å²) in [5.41, 5.74) is 5.97. The molecule has 21 heavy (non-hydrogen) atoms. The summed E-state index contributed by atoms with van der Waals surface area (Å²) in [6.45, 7) is 6.30. The van der Waals surface area contributed by atoms with E-state index in [9.17, 15) is 13.2 Å². The molecule has 0 bridgehead atoms. The smallest absolute Gasteiger partial charge is 0.223 e. The highest BCUT2D eigenvalue weighted by atomic mass is 32.2. The van der Waals surface area contributed by atoms with Gasteiger partial charge < -0.3 is 11.1 Å². The Balaban J connectivity index is 2.03. The van der Waals surface area contributed by atoms with Crippen LogP contribution in [0.15, 0.2) is 0 Å². The van der Waals surface area contributed by atoms with Crippen molar-refractivity contribution in [3.05, 3.63) is 0 Å². The van der Waals surface area contributed by atoms with Gasteiger partial charge in [0.25, 0.3) is 0 Å². The highest BCUT2D eigenvalue weighted by Gasteiger charge is 2.45. The SMILES string of the molecule is CC1C(N)CCC(C(=O)NC2CCCS(=O)(=O)C2)C1(C)C. The van der Waals surface area contributed by atoms with Crippen LogP contribution >= 0.6 is 0 Å². The first kappa shape index (κ1) is 16.7. The second kappa shape index (κ2) is 5.88. The number of amides is 1. The van der Waals surface area contributed by atoms with Crippen molar-refractivity contribution in [2.45, 2.75) is 58.5 Å². The van der Waals surface area contributed by atoms with Crippen molar-refractivity contribution in [1.82, 2.24) is 5.32 Å². The van der Waals surface area contributed by atoms with Crippen molar-refractivity contribution in [3.63, 3.8) is 0 Å². The zero-order valence-electron chi connectivity index (χ0n) is 13.3. The van der Waals surface area contributed by atoms with E-state index < -0.39 is 9.84 Å². The third-order valence-electron chi connectivity index (χ3n) is 5.63. The maximum atomic E-state index is 12.6. The number of nitrogens with one attached hydrogen (secondary N) is 1. The molecule has 0 aromatic carbocycles. The van der Waals surface area contributed by atoms with E-state index in [2.05, 4.69) is 26.1 Å². The predicted molar refractivity (Wildman–Crippen MR) is 83.5 cm³/mol. The van der Waals surface area contributed by atoms with E-state index in [0.717, 1.165) is 19.3 Å². The van der Waals surface area contributed by atoms with Gasteiger partial charge in [-0.05, 0) is 37.0 Å². The van der Waals surface area contributed by atoms with Crippen LogP contribution < -0.4 is 11.1 Å². The fraction of sp³-hybridized carbons (Fsp3) is 0.933. The Kier molecular flexibility index (Phi) is 4.69. The Morgan fingerprint density at radius 1 is 1.24 bits per heavy atom. The van der Waals surface area contributed by atoms with E-state index in [-0.39, 0.29) is 46.7 Å². The van der Waals surface area contributed by atoms with Gasteiger partial charge in [0.05, 0.1) is 11.5 Å². The quantitative estimate of drug-likeness (QED) is 0.798. The molecule has 6 heteroatoms. The summed E-state index contributed by atoms with van der Waals surface area (Å²) in [4.78, 5) is 12.6. The maximum absolute atomic E-state index is 12.6. The van der Waals surface area contributed by atoms with Crippen LogP contribution in [0, 0.1) is 17.3 Å². The summed E-state index contributed by atoms with van der Waals surface area (Å²) in [7, 11) is -2.99. The van der Waals surface area contributed by atoms with Gasteiger partial charge >= 0.3 is 0 Å². The largest absolute Gasteiger partial charge is 0.352 e. The van der Waals surface area contributed by atoms with Crippen molar-refractivity contribution in [2.75, 3.05) is 11.5 Å². The van der Waals surface area contributed by atoms with E-state index >= 15 is 0 Å². The number of carbonyl (C=O) groups is 1. The molecule has 0 spiro atoms. The molecule has 1 aliphatic heterocycles. The van der Waals surface area contributed by atoms with Gasteiger partial charge in [-0.3, -0.25) is 4.79 Å². The van der Waals surface area contributed by atoms with Gasteiger partial charge in [0.1, 0.15) is 0 Å². The summed E-state index contributed by atoms with van der Waals surface area (Å²) in [6.07, 6.45) is 3.03. The fourth-order valence-electron chi connectivity index (χ4n) is 3.76. The molecule has 1 amide bonds. The minimum atomic E-state index is -2.99. The van der Waals surface area contributed by atoms with Gasteiger partial charge in [0.15, 0.2) is 9.84 Å². The maximum Gasteiger partial charge on any atom is 0.223 e. The Bertz CT molecular complexity index is 501.